The molecule has 1 aromatic carbocycles. The van der Waals surface area contributed by atoms with E-state index in [-0.39, 0.29) is 59.0 Å². The number of rotatable bonds is 21. The average Bonchev–Trinajstić information content (AvgIpc) is 2.94. The standard InChI is InChI=1S/C20H38O7S.C8H11NO4S2.CO.Na/c1-3-5-7-9-11-13-15-26-19(21)17-18(28(23,24)25)20(22)27-16-14-12-10-8-6-4-2;1-14(10,11)6-7-4-2-3-5-8(7)15(9,12)13;1-2;/h18H,3-17H2,1-2H3,(H,23,24,25);2-5H,6H2,1H3,(H2,9,12,13);;/q;;;+1/p-1. The number of hydrogen-bond acceptors (Lipinski definition) is 12. The van der Waals surface area contributed by atoms with Crippen LogP contribution in [0.4, 0.5) is 0 Å². The molecule has 46 heavy (non-hydrogen) atoms. The van der Waals surface area contributed by atoms with E-state index in [4.69, 9.17) is 19.4 Å². The molecule has 1 unspecified atom stereocenters. The van der Waals surface area contributed by atoms with E-state index >= 15 is 0 Å². The van der Waals surface area contributed by atoms with Crippen molar-refractivity contribution >= 4 is 48.7 Å². The van der Waals surface area contributed by atoms with Crippen LogP contribution in [0.15, 0.2) is 29.2 Å². The summed E-state index contributed by atoms with van der Waals surface area (Å²) >= 11 is 0. The number of ether oxygens (including phenoxy) is 2. The zero-order valence-corrected chi connectivity index (χ0v) is 31.9. The molecule has 1 aromatic rings. The summed E-state index contributed by atoms with van der Waals surface area (Å²) in [6.45, 7) is 8.94. The topological polar surface area (TPSA) is 221 Å². The summed E-state index contributed by atoms with van der Waals surface area (Å²) in [6, 6.07) is 5.78. The van der Waals surface area contributed by atoms with Crippen LogP contribution < -0.4 is 34.7 Å². The molecule has 0 saturated heterocycles. The first kappa shape index (κ1) is 49.0. The van der Waals surface area contributed by atoms with Crippen molar-refractivity contribution in [1.82, 2.24) is 0 Å². The molecule has 0 spiro atoms. The number of sulfonamides is 1. The molecule has 2 N–H and O–H groups in total. The maximum atomic E-state index is 11.9. The van der Waals surface area contributed by atoms with Crippen LogP contribution in [-0.4, -0.2) is 73.3 Å². The first-order chi connectivity index (χ1) is 21.0. The Labute approximate surface area is 297 Å². The first-order valence-electron chi connectivity index (χ1n) is 14.8. The monoisotopic (exact) mass is 721 g/mol. The quantitative estimate of drug-likeness (QED) is 0.0798. The molecule has 17 heteroatoms. The second kappa shape index (κ2) is 27.5. The zero-order chi connectivity index (χ0) is 34.9. The van der Waals surface area contributed by atoms with Gasteiger partial charge in [-0.3, -0.25) is 14.4 Å². The summed E-state index contributed by atoms with van der Waals surface area (Å²) in [5.74, 6) is -2.37. The fourth-order valence-corrected chi connectivity index (χ4v) is 6.24. The van der Waals surface area contributed by atoms with E-state index in [1.54, 1.807) is 6.07 Å². The SMILES string of the molecule is CCCCCCCCOC(=O)CC(C(=O)OCCCCCCCC)S(=O)(=O)[O-].CS(=O)(=O)Cc1ccccc1S(N)(=O)=O.[C]=O.[Na+]. The number of nitrogens with two attached hydrogens (primary N) is 1. The summed E-state index contributed by atoms with van der Waals surface area (Å²) in [5, 5.41) is 2.92. The number of benzene rings is 1. The largest absolute Gasteiger partial charge is 1.00 e. The second-order valence-electron chi connectivity index (χ2n) is 10.3. The molecule has 0 amide bonds. The van der Waals surface area contributed by atoms with E-state index in [2.05, 4.69) is 20.6 Å². The number of unbranched alkanes of at least 4 members (excludes halogenated alkanes) is 10. The first-order valence-corrected chi connectivity index (χ1v) is 19.9. The summed E-state index contributed by atoms with van der Waals surface area (Å²) in [7, 11) is -12.1. The number of hydrogen-bond donors (Lipinski definition) is 1. The molecule has 0 bridgehead atoms. The Hall–Kier alpha value is -1.40. The van der Waals surface area contributed by atoms with E-state index in [1.807, 2.05) is 0 Å². The van der Waals surface area contributed by atoms with Gasteiger partial charge in [-0.2, -0.15) is 0 Å². The number of carbonyl (C=O) groups is 2. The van der Waals surface area contributed by atoms with Gasteiger partial charge in [0.25, 0.3) is 6.79 Å². The number of primary sulfonamides is 1. The third kappa shape index (κ3) is 26.6. The smallest absolute Gasteiger partial charge is 0.747 e. The normalized spacial score (nSPS) is 11.8. The van der Waals surface area contributed by atoms with Crippen molar-refractivity contribution in [3.8, 4) is 0 Å². The Morgan fingerprint density at radius 2 is 1.22 bits per heavy atom. The molecule has 0 aliphatic rings. The van der Waals surface area contributed by atoms with Crippen LogP contribution in [0.1, 0.15) is 103 Å². The molecule has 2 radical (unpaired) electrons. The maximum absolute atomic E-state index is 11.9. The van der Waals surface area contributed by atoms with Crippen LogP contribution in [0.2, 0.25) is 0 Å². The predicted octanol–water partition coefficient (Wildman–Crippen LogP) is 0.583. The maximum Gasteiger partial charge on any atom is 1.00 e. The van der Waals surface area contributed by atoms with Gasteiger partial charge in [-0.15, -0.1) is 0 Å². The second-order valence-corrected chi connectivity index (χ2v) is 15.6. The fourth-order valence-electron chi connectivity index (χ4n) is 3.91. The molecule has 0 aliphatic heterocycles. The average molecular weight is 722 g/mol. The van der Waals surface area contributed by atoms with Gasteiger partial charge in [0.15, 0.2) is 15.1 Å². The Morgan fingerprint density at radius 3 is 1.65 bits per heavy atom. The van der Waals surface area contributed by atoms with Crippen molar-refractivity contribution in [1.29, 1.82) is 0 Å². The minimum absolute atomic E-state index is 0. The van der Waals surface area contributed by atoms with E-state index < -0.39 is 53.6 Å². The Kier molecular flexibility index (Phi) is 29.3. The van der Waals surface area contributed by atoms with Crippen molar-refractivity contribution in [2.24, 2.45) is 5.14 Å². The van der Waals surface area contributed by atoms with E-state index in [9.17, 15) is 39.4 Å². The molecule has 1 rings (SSSR count). The van der Waals surface area contributed by atoms with Gasteiger partial charge < -0.3 is 14.0 Å². The van der Waals surface area contributed by atoms with Crippen molar-refractivity contribution in [2.45, 2.75) is 113 Å². The number of sulfone groups is 1. The molecule has 0 aromatic heterocycles. The van der Waals surface area contributed by atoms with Gasteiger partial charge in [-0.1, -0.05) is 96.3 Å². The van der Waals surface area contributed by atoms with Crippen LogP contribution in [0.25, 0.3) is 0 Å². The molecule has 0 fully saturated rings. The van der Waals surface area contributed by atoms with E-state index in [0.717, 1.165) is 64.0 Å². The van der Waals surface area contributed by atoms with Gasteiger partial charge in [0, 0.05) is 6.26 Å². The molecular formula is C29H48NNaO12S3. The third-order valence-electron chi connectivity index (χ3n) is 6.16. The number of carbonyl (C=O) groups excluding carboxylic acids is 3. The summed E-state index contributed by atoms with van der Waals surface area (Å²) in [6.07, 6.45) is 12.2. The van der Waals surface area contributed by atoms with Gasteiger partial charge in [0.2, 0.25) is 10.0 Å². The van der Waals surface area contributed by atoms with Gasteiger partial charge in [0.1, 0.15) is 10.1 Å². The molecule has 13 nitrogen and oxygen atoms in total. The van der Waals surface area contributed by atoms with Crippen LogP contribution in [-0.2, 0) is 59.6 Å². The zero-order valence-electron chi connectivity index (χ0n) is 27.4. The minimum atomic E-state index is -4.98. The van der Waals surface area contributed by atoms with E-state index in [0.29, 0.717) is 12.8 Å². The third-order valence-corrected chi connectivity index (χ3v) is 9.07. The predicted molar refractivity (Wildman–Crippen MR) is 169 cm³/mol. The number of esters is 2. The van der Waals surface area contributed by atoms with Gasteiger partial charge in [-0.05, 0) is 24.5 Å². The van der Waals surface area contributed by atoms with Crippen LogP contribution >= 0.6 is 0 Å². The Balaban J connectivity index is -0.000000863. The Morgan fingerprint density at radius 1 is 0.783 bits per heavy atom. The van der Waals surface area contributed by atoms with Crippen molar-refractivity contribution in [2.75, 3.05) is 19.5 Å². The summed E-state index contributed by atoms with van der Waals surface area (Å²) in [4.78, 5) is 31.1. The summed E-state index contributed by atoms with van der Waals surface area (Å²) in [5.41, 5.74) is 0.197. The van der Waals surface area contributed by atoms with Gasteiger partial charge >= 0.3 is 41.5 Å². The van der Waals surface area contributed by atoms with Gasteiger partial charge in [-0.25, -0.2) is 30.4 Å². The van der Waals surface area contributed by atoms with Crippen LogP contribution in [0.5, 0.6) is 0 Å². The van der Waals surface area contributed by atoms with Crippen molar-refractivity contribution < 1.29 is 83.2 Å². The van der Waals surface area contributed by atoms with Crippen LogP contribution in [0, 0.1) is 0 Å². The summed E-state index contributed by atoms with van der Waals surface area (Å²) < 4.78 is 88.2. The molecule has 260 valence electrons. The van der Waals surface area contributed by atoms with Gasteiger partial charge in [0.05, 0.1) is 30.3 Å². The molecule has 0 saturated carbocycles. The fraction of sp³-hybridized carbons (Fsp3) is 0.690. The molecule has 0 heterocycles. The molecule has 0 aliphatic carbocycles. The molecule has 1 atom stereocenters. The minimum Gasteiger partial charge on any atom is -0.747 e. The Bertz CT molecular complexity index is 1300. The van der Waals surface area contributed by atoms with E-state index in [1.165, 1.54) is 24.6 Å². The van der Waals surface area contributed by atoms with Crippen LogP contribution in [0.3, 0.4) is 0 Å². The van der Waals surface area contributed by atoms with Crippen molar-refractivity contribution in [3.63, 3.8) is 0 Å². The van der Waals surface area contributed by atoms with Crippen molar-refractivity contribution in [3.05, 3.63) is 29.8 Å². The molecular weight excluding hydrogens is 674 g/mol.